The molecule has 0 unspecified atom stereocenters. The van der Waals surface area contributed by atoms with Gasteiger partial charge in [0, 0.05) is 6.20 Å². The number of carbonyl (C=O) groups is 1. The van der Waals surface area contributed by atoms with Crippen molar-refractivity contribution in [1.82, 2.24) is 15.6 Å². The van der Waals surface area contributed by atoms with E-state index in [0.29, 0.717) is 0 Å². The SMILES string of the molecule is NNC(=O)c1c[nH][nH]c1=O. The lowest BCUT2D eigenvalue weighted by atomic mass is 10.3. The van der Waals surface area contributed by atoms with E-state index in [4.69, 9.17) is 5.84 Å². The molecule has 0 bridgehead atoms. The standard InChI is InChI=1S/C4H6N4O2/c5-7-3(9)2-1-6-8-4(2)10/h1H,5H2,(H,7,9)(H2,6,8,10). The van der Waals surface area contributed by atoms with Gasteiger partial charge in [0.1, 0.15) is 5.56 Å². The molecule has 10 heavy (non-hydrogen) atoms. The Morgan fingerprint density at radius 1 is 1.70 bits per heavy atom. The third-order valence-corrected chi connectivity index (χ3v) is 1.02. The Hall–Kier alpha value is -1.56. The fourth-order valence-electron chi connectivity index (χ4n) is 0.553. The fraction of sp³-hybridized carbons (Fsp3) is 0. The highest BCUT2D eigenvalue weighted by atomic mass is 16.2. The summed E-state index contributed by atoms with van der Waals surface area (Å²) in [5, 5.41) is 4.55. The number of carbonyl (C=O) groups excluding carboxylic acids is 1. The molecule has 0 saturated heterocycles. The number of nitrogen functional groups attached to an aromatic ring is 1. The summed E-state index contributed by atoms with van der Waals surface area (Å²) in [6, 6.07) is 0. The number of nitrogens with one attached hydrogen (secondary N) is 3. The molecule has 0 radical (unpaired) electrons. The number of rotatable bonds is 1. The van der Waals surface area contributed by atoms with Crippen LogP contribution in [0, 0.1) is 0 Å². The molecule has 0 aliphatic carbocycles. The number of hydrogen-bond donors (Lipinski definition) is 4. The van der Waals surface area contributed by atoms with Crippen molar-refractivity contribution in [3.05, 3.63) is 22.1 Å². The number of hydrazine groups is 1. The monoisotopic (exact) mass is 142 g/mol. The molecule has 5 N–H and O–H groups in total. The van der Waals surface area contributed by atoms with E-state index in [0.717, 1.165) is 0 Å². The molecular formula is C4H6N4O2. The smallest absolute Gasteiger partial charge is 0.276 e. The lowest BCUT2D eigenvalue weighted by Crippen LogP contribution is -2.32. The number of aromatic amines is 2. The summed E-state index contributed by atoms with van der Waals surface area (Å²) >= 11 is 0. The first-order valence-electron chi connectivity index (χ1n) is 2.52. The van der Waals surface area contributed by atoms with E-state index in [1.165, 1.54) is 6.20 Å². The molecule has 1 rings (SSSR count). The first-order valence-corrected chi connectivity index (χ1v) is 2.52. The Bertz CT molecular complexity index is 285. The predicted molar refractivity (Wildman–Crippen MR) is 33.1 cm³/mol. The van der Waals surface area contributed by atoms with Gasteiger partial charge in [0.25, 0.3) is 11.5 Å². The predicted octanol–water partition coefficient (Wildman–Crippen LogP) is -1.69. The molecule has 0 aliphatic rings. The van der Waals surface area contributed by atoms with Gasteiger partial charge in [0.15, 0.2) is 0 Å². The number of H-pyrrole nitrogens is 2. The minimum atomic E-state index is -0.609. The topological polar surface area (TPSA) is 104 Å². The van der Waals surface area contributed by atoms with E-state index in [-0.39, 0.29) is 5.56 Å². The first kappa shape index (κ1) is 6.56. The second-order valence-electron chi connectivity index (χ2n) is 1.63. The zero-order valence-corrected chi connectivity index (χ0v) is 4.97. The fourth-order valence-corrected chi connectivity index (χ4v) is 0.553. The van der Waals surface area contributed by atoms with Gasteiger partial charge in [-0.2, -0.15) is 0 Å². The van der Waals surface area contributed by atoms with Gasteiger partial charge in [-0.3, -0.25) is 20.1 Å². The molecule has 6 heteroatoms. The zero-order chi connectivity index (χ0) is 7.56. The molecule has 54 valence electrons. The maximum absolute atomic E-state index is 10.6. The van der Waals surface area contributed by atoms with Gasteiger partial charge in [0.2, 0.25) is 0 Å². The number of aromatic nitrogens is 2. The number of hydrogen-bond acceptors (Lipinski definition) is 3. The van der Waals surface area contributed by atoms with E-state index in [1.54, 1.807) is 0 Å². The normalized spacial score (nSPS) is 9.30. The van der Waals surface area contributed by atoms with Crippen molar-refractivity contribution >= 4 is 5.91 Å². The Kier molecular flexibility index (Phi) is 1.55. The van der Waals surface area contributed by atoms with E-state index in [1.807, 2.05) is 5.43 Å². The summed E-state index contributed by atoms with van der Waals surface area (Å²) in [7, 11) is 0. The van der Waals surface area contributed by atoms with Crippen LogP contribution in [0.4, 0.5) is 0 Å². The Balaban J connectivity index is 3.05. The minimum absolute atomic E-state index is 0.0255. The average Bonchev–Trinajstić information content (AvgIpc) is 2.34. The van der Waals surface area contributed by atoms with Gasteiger partial charge in [-0.1, -0.05) is 0 Å². The number of amides is 1. The van der Waals surface area contributed by atoms with Crippen molar-refractivity contribution in [2.24, 2.45) is 5.84 Å². The molecule has 0 saturated carbocycles. The Morgan fingerprint density at radius 3 is 2.80 bits per heavy atom. The maximum atomic E-state index is 10.6. The Morgan fingerprint density at radius 2 is 2.40 bits per heavy atom. The van der Waals surface area contributed by atoms with Crippen LogP contribution in [0.15, 0.2) is 11.0 Å². The molecule has 0 spiro atoms. The van der Waals surface area contributed by atoms with Crippen molar-refractivity contribution in [1.29, 1.82) is 0 Å². The van der Waals surface area contributed by atoms with Crippen LogP contribution in [0.25, 0.3) is 0 Å². The van der Waals surface area contributed by atoms with Gasteiger partial charge >= 0.3 is 0 Å². The molecular weight excluding hydrogens is 136 g/mol. The van der Waals surface area contributed by atoms with Gasteiger partial charge in [-0.15, -0.1) is 0 Å². The molecule has 0 fully saturated rings. The lowest BCUT2D eigenvalue weighted by Gasteiger charge is -1.89. The van der Waals surface area contributed by atoms with E-state index in [9.17, 15) is 9.59 Å². The summed E-state index contributed by atoms with van der Waals surface area (Å²) in [6.45, 7) is 0. The summed E-state index contributed by atoms with van der Waals surface area (Å²) in [6.07, 6.45) is 1.24. The second kappa shape index (κ2) is 2.36. The molecule has 1 amide bonds. The molecule has 0 aromatic carbocycles. The minimum Gasteiger partial charge on any atom is -0.305 e. The van der Waals surface area contributed by atoms with E-state index in [2.05, 4.69) is 10.2 Å². The molecule has 6 nitrogen and oxygen atoms in total. The Labute approximate surface area is 55.4 Å². The molecule has 0 atom stereocenters. The second-order valence-corrected chi connectivity index (χ2v) is 1.63. The summed E-state index contributed by atoms with van der Waals surface area (Å²) in [5.41, 5.74) is 1.32. The highest BCUT2D eigenvalue weighted by Gasteiger charge is 2.07. The van der Waals surface area contributed by atoms with Crippen LogP contribution in [0.2, 0.25) is 0 Å². The summed E-state index contributed by atoms with van der Waals surface area (Å²) in [5.74, 6) is 4.16. The third kappa shape index (κ3) is 0.914. The van der Waals surface area contributed by atoms with E-state index < -0.39 is 11.5 Å². The number of nitrogens with two attached hydrogens (primary N) is 1. The lowest BCUT2D eigenvalue weighted by molar-refractivity contribution is 0.0952. The largest absolute Gasteiger partial charge is 0.305 e. The van der Waals surface area contributed by atoms with Crippen LogP contribution < -0.4 is 16.8 Å². The van der Waals surface area contributed by atoms with Crippen molar-refractivity contribution in [3.63, 3.8) is 0 Å². The third-order valence-electron chi connectivity index (χ3n) is 1.02. The molecule has 1 heterocycles. The summed E-state index contributed by atoms with van der Waals surface area (Å²) in [4.78, 5) is 21.2. The van der Waals surface area contributed by atoms with Crippen molar-refractivity contribution < 1.29 is 4.79 Å². The highest BCUT2D eigenvalue weighted by molar-refractivity contribution is 5.92. The first-order chi connectivity index (χ1) is 4.75. The van der Waals surface area contributed by atoms with Crippen molar-refractivity contribution in [2.75, 3.05) is 0 Å². The zero-order valence-electron chi connectivity index (χ0n) is 4.97. The van der Waals surface area contributed by atoms with Crippen molar-refractivity contribution in [2.45, 2.75) is 0 Å². The van der Waals surface area contributed by atoms with Crippen LogP contribution >= 0.6 is 0 Å². The molecule has 0 aliphatic heterocycles. The van der Waals surface area contributed by atoms with Crippen LogP contribution in [-0.4, -0.2) is 16.1 Å². The maximum Gasteiger partial charge on any atom is 0.276 e. The van der Waals surface area contributed by atoms with Crippen LogP contribution in [0.3, 0.4) is 0 Å². The van der Waals surface area contributed by atoms with Crippen molar-refractivity contribution in [3.8, 4) is 0 Å². The average molecular weight is 142 g/mol. The van der Waals surface area contributed by atoms with Crippen LogP contribution in [-0.2, 0) is 0 Å². The van der Waals surface area contributed by atoms with E-state index >= 15 is 0 Å². The molecule has 1 aromatic rings. The quantitative estimate of drug-likeness (QED) is 0.213. The summed E-state index contributed by atoms with van der Waals surface area (Å²) < 4.78 is 0. The molecule has 1 aromatic heterocycles. The van der Waals surface area contributed by atoms with Gasteiger partial charge in [0.05, 0.1) is 0 Å². The van der Waals surface area contributed by atoms with Gasteiger partial charge in [-0.05, 0) is 0 Å². The van der Waals surface area contributed by atoms with Crippen LogP contribution in [0.5, 0.6) is 0 Å². The highest BCUT2D eigenvalue weighted by Crippen LogP contribution is 1.82. The van der Waals surface area contributed by atoms with Gasteiger partial charge < -0.3 is 5.10 Å². The van der Waals surface area contributed by atoms with Gasteiger partial charge in [-0.25, -0.2) is 5.84 Å². The van der Waals surface area contributed by atoms with Crippen LogP contribution in [0.1, 0.15) is 10.4 Å².